The van der Waals surface area contributed by atoms with Gasteiger partial charge in [0.2, 0.25) is 0 Å². The largest absolute Gasteiger partial charge is 0.478 e. The Kier molecular flexibility index (Phi) is 4.19. The molecule has 0 heterocycles. The third kappa shape index (κ3) is 3.44. The summed E-state index contributed by atoms with van der Waals surface area (Å²) in [6, 6.07) is 3.65. The third-order valence-corrected chi connectivity index (χ3v) is 5.09. The molecule has 0 aliphatic rings. The Balaban J connectivity index is 3.05. The lowest BCUT2D eigenvalue weighted by atomic mass is 10.1. The number of nitrogens with one attached hydrogen (secondary N) is 1. The number of aromatic carboxylic acids is 1. The third-order valence-electron chi connectivity index (χ3n) is 2.94. The number of halogens is 1. The van der Waals surface area contributed by atoms with Crippen LogP contribution >= 0.6 is 0 Å². The van der Waals surface area contributed by atoms with E-state index in [1.807, 2.05) is 0 Å². The van der Waals surface area contributed by atoms with E-state index >= 15 is 0 Å². The summed E-state index contributed by atoms with van der Waals surface area (Å²) in [6.45, 7) is 2.88. The number of hydrogen-bond donors (Lipinski definition) is 2. The molecule has 0 aromatic heterocycles. The van der Waals surface area contributed by atoms with Crippen molar-refractivity contribution in [2.45, 2.75) is 18.6 Å². The number of carbonyl (C=O) groups is 1. The van der Waals surface area contributed by atoms with Crippen LogP contribution in [-0.4, -0.2) is 37.0 Å². The summed E-state index contributed by atoms with van der Waals surface area (Å²) in [5, 5.41) is 11.5. The highest BCUT2D eigenvalue weighted by atomic mass is 32.2. The van der Waals surface area contributed by atoms with Crippen molar-refractivity contribution >= 4 is 21.5 Å². The predicted molar refractivity (Wildman–Crippen MR) is 70.8 cm³/mol. The summed E-state index contributed by atoms with van der Waals surface area (Å²) in [5.41, 5.74) is -0.434. The number of anilines is 1. The number of hydrogen-bond acceptors (Lipinski definition) is 4. The highest BCUT2D eigenvalue weighted by Gasteiger charge is 2.30. The molecule has 0 aliphatic carbocycles. The van der Waals surface area contributed by atoms with Crippen molar-refractivity contribution in [2.24, 2.45) is 0 Å². The van der Waals surface area contributed by atoms with Crippen LogP contribution in [0.15, 0.2) is 18.2 Å². The van der Waals surface area contributed by atoms with Gasteiger partial charge in [0.05, 0.1) is 16.0 Å². The fourth-order valence-corrected chi connectivity index (χ4v) is 1.65. The molecule has 0 bridgehead atoms. The van der Waals surface area contributed by atoms with Gasteiger partial charge in [0.1, 0.15) is 5.82 Å². The minimum absolute atomic E-state index is 0.0902. The van der Waals surface area contributed by atoms with Gasteiger partial charge < -0.3 is 10.4 Å². The predicted octanol–water partition coefficient (Wildman–Crippen LogP) is 1.76. The van der Waals surface area contributed by atoms with E-state index in [9.17, 15) is 17.6 Å². The smallest absolute Gasteiger partial charge is 0.337 e. The fraction of sp³-hybridized carbons (Fsp3) is 0.417. The summed E-state index contributed by atoms with van der Waals surface area (Å²) in [4.78, 5) is 11.0. The summed E-state index contributed by atoms with van der Waals surface area (Å²) in [5.74, 6) is -2.01. The van der Waals surface area contributed by atoms with E-state index in [-0.39, 0.29) is 17.8 Å². The molecule has 0 fully saturated rings. The van der Waals surface area contributed by atoms with Crippen LogP contribution < -0.4 is 5.32 Å². The standard InChI is InChI=1S/C12H16FNO4S/c1-12(2,19(3,17)18)7-14-10-8(11(15)16)5-4-6-9(10)13/h4-6,14H,7H2,1-3H3,(H,15,16). The van der Waals surface area contributed by atoms with Crippen molar-refractivity contribution in [3.8, 4) is 0 Å². The van der Waals surface area contributed by atoms with Crippen LogP contribution in [-0.2, 0) is 9.84 Å². The van der Waals surface area contributed by atoms with Gasteiger partial charge in [0, 0.05) is 12.8 Å². The molecule has 19 heavy (non-hydrogen) atoms. The zero-order valence-corrected chi connectivity index (χ0v) is 11.7. The molecule has 2 N–H and O–H groups in total. The molecule has 0 saturated carbocycles. The second-order valence-corrected chi connectivity index (χ2v) is 7.50. The van der Waals surface area contributed by atoms with Crippen molar-refractivity contribution in [3.63, 3.8) is 0 Å². The molecule has 1 aromatic carbocycles. The average molecular weight is 289 g/mol. The maximum absolute atomic E-state index is 13.6. The number of rotatable bonds is 5. The number of para-hydroxylation sites is 1. The monoisotopic (exact) mass is 289 g/mol. The first-order valence-electron chi connectivity index (χ1n) is 5.51. The second kappa shape index (κ2) is 5.16. The molecule has 0 atom stereocenters. The lowest BCUT2D eigenvalue weighted by Gasteiger charge is -2.24. The molecule has 0 radical (unpaired) electrons. The summed E-state index contributed by atoms with van der Waals surface area (Å²) in [7, 11) is -3.35. The maximum Gasteiger partial charge on any atom is 0.337 e. The average Bonchev–Trinajstić information content (AvgIpc) is 2.25. The fourth-order valence-electron chi connectivity index (χ4n) is 1.31. The summed E-state index contributed by atoms with van der Waals surface area (Å²) < 4.78 is 35.5. The van der Waals surface area contributed by atoms with Gasteiger partial charge in [0.25, 0.3) is 0 Å². The first-order valence-corrected chi connectivity index (χ1v) is 7.40. The van der Waals surface area contributed by atoms with E-state index in [0.29, 0.717) is 0 Å². The number of benzene rings is 1. The molecule has 5 nitrogen and oxygen atoms in total. The van der Waals surface area contributed by atoms with Crippen molar-refractivity contribution in [2.75, 3.05) is 18.1 Å². The van der Waals surface area contributed by atoms with Gasteiger partial charge in [-0.1, -0.05) is 6.07 Å². The molecule has 0 amide bonds. The number of sulfone groups is 1. The van der Waals surface area contributed by atoms with Gasteiger partial charge in [-0.25, -0.2) is 17.6 Å². The van der Waals surface area contributed by atoms with Crippen molar-refractivity contribution < 1.29 is 22.7 Å². The van der Waals surface area contributed by atoms with Gasteiger partial charge in [-0.15, -0.1) is 0 Å². The van der Waals surface area contributed by atoms with E-state index in [0.717, 1.165) is 12.3 Å². The molecule has 0 aliphatic heterocycles. The van der Waals surface area contributed by atoms with E-state index in [4.69, 9.17) is 5.11 Å². The number of carboxylic acids is 1. The molecule has 1 aromatic rings. The molecule has 106 valence electrons. The van der Waals surface area contributed by atoms with Crippen LogP contribution in [0.2, 0.25) is 0 Å². The van der Waals surface area contributed by atoms with Crippen molar-refractivity contribution in [1.82, 2.24) is 0 Å². The zero-order chi connectivity index (χ0) is 14.8. The topological polar surface area (TPSA) is 83.5 Å². The van der Waals surface area contributed by atoms with Gasteiger partial charge in [-0.05, 0) is 26.0 Å². The zero-order valence-electron chi connectivity index (χ0n) is 10.9. The Hall–Kier alpha value is -1.63. The van der Waals surface area contributed by atoms with E-state index in [2.05, 4.69) is 5.32 Å². The first-order chi connectivity index (χ1) is 8.56. The SMILES string of the molecule is CC(C)(CNc1c(F)cccc1C(=O)O)S(C)(=O)=O. The minimum atomic E-state index is -3.35. The van der Waals surface area contributed by atoms with Crippen LogP contribution in [0.4, 0.5) is 10.1 Å². The highest BCUT2D eigenvalue weighted by Crippen LogP contribution is 2.22. The van der Waals surface area contributed by atoms with Gasteiger partial charge >= 0.3 is 5.97 Å². The van der Waals surface area contributed by atoms with E-state index in [1.165, 1.54) is 26.0 Å². The maximum atomic E-state index is 13.6. The van der Waals surface area contributed by atoms with Crippen LogP contribution in [0.3, 0.4) is 0 Å². The number of carboxylic acid groups (broad SMARTS) is 1. The Morgan fingerprint density at radius 3 is 2.47 bits per heavy atom. The highest BCUT2D eigenvalue weighted by molar-refractivity contribution is 7.92. The molecule has 0 spiro atoms. The Morgan fingerprint density at radius 2 is 2.00 bits per heavy atom. The van der Waals surface area contributed by atoms with Gasteiger partial charge in [-0.2, -0.15) is 0 Å². The van der Waals surface area contributed by atoms with Crippen LogP contribution in [0.1, 0.15) is 24.2 Å². The normalized spacial score (nSPS) is 12.2. The first kappa shape index (κ1) is 15.4. The summed E-state index contributed by atoms with van der Waals surface area (Å²) >= 11 is 0. The van der Waals surface area contributed by atoms with Gasteiger partial charge in [0.15, 0.2) is 9.84 Å². The van der Waals surface area contributed by atoms with Crippen LogP contribution in [0, 0.1) is 5.82 Å². The molecule has 1 rings (SSSR count). The Morgan fingerprint density at radius 1 is 1.42 bits per heavy atom. The van der Waals surface area contributed by atoms with Crippen LogP contribution in [0.25, 0.3) is 0 Å². The molecule has 0 saturated heterocycles. The Labute approximate surface area is 111 Å². The van der Waals surface area contributed by atoms with E-state index in [1.54, 1.807) is 0 Å². The quantitative estimate of drug-likeness (QED) is 0.863. The van der Waals surface area contributed by atoms with Crippen molar-refractivity contribution in [3.05, 3.63) is 29.6 Å². The van der Waals surface area contributed by atoms with Gasteiger partial charge in [-0.3, -0.25) is 0 Å². The molecular weight excluding hydrogens is 273 g/mol. The summed E-state index contributed by atoms with van der Waals surface area (Å²) in [6.07, 6.45) is 1.08. The molecule has 7 heteroatoms. The molecule has 0 unspecified atom stereocenters. The minimum Gasteiger partial charge on any atom is -0.478 e. The second-order valence-electron chi connectivity index (χ2n) is 4.85. The lowest BCUT2D eigenvalue weighted by molar-refractivity contribution is 0.0697. The lowest BCUT2D eigenvalue weighted by Crippen LogP contribution is -2.38. The van der Waals surface area contributed by atoms with Crippen LogP contribution in [0.5, 0.6) is 0 Å². The molecular formula is C12H16FNO4S. The Bertz CT molecular complexity index is 596. The van der Waals surface area contributed by atoms with E-state index < -0.39 is 26.4 Å². The van der Waals surface area contributed by atoms with Crippen molar-refractivity contribution in [1.29, 1.82) is 0 Å².